The average Bonchev–Trinajstić information content (AvgIpc) is 2.77. The molecule has 0 unspecified atom stereocenters. The molecule has 0 atom stereocenters. The lowest BCUT2D eigenvalue weighted by Crippen LogP contribution is -2.50. The quantitative estimate of drug-likeness (QED) is 0.635. The number of hydrogen-bond donors (Lipinski definition) is 0. The van der Waals surface area contributed by atoms with E-state index >= 15 is 0 Å². The molecule has 1 aliphatic heterocycles. The lowest BCUT2D eigenvalue weighted by atomic mass is 10.1. The highest BCUT2D eigenvalue weighted by atomic mass is 32.2. The Bertz CT molecular complexity index is 999. The third kappa shape index (κ3) is 5.57. The fourth-order valence-electron chi connectivity index (χ4n) is 4.10. The second-order valence-corrected chi connectivity index (χ2v) is 11.0. The molecule has 0 N–H and O–H groups in total. The first kappa shape index (κ1) is 24.4. The molecule has 6 nitrogen and oxygen atoms in total. The molecular formula is C25H35N3O3S. The zero-order valence-electron chi connectivity index (χ0n) is 19.8. The van der Waals surface area contributed by atoms with Gasteiger partial charge in [0, 0.05) is 50.4 Å². The molecule has 0 saturated carbocycles. The standard InChI is InChI=1S/C25H35N3O3S/c1-19(2)28(20(3)4)18-22-8-10-23(11-9-22)25(29)26-14-16-27(17-15-26)32(30,31)24-12-6-21(5)7-13-24/h6-13,19-20H,14-18H2,1-5H3. The van der Waals surface area contributed by atoms with Gasteiger partial charge in [-0.1, -0.05) is 29.8 Å². The van der Waals surface area contributed by atoms with E-state index in [0.717, 1.165) is 12.1 Å². The summed E-state index contributed by atoms with van der Waals surface area (Å²) in [7, 11) is -3.53. The number of benzene rings is 2. The summed E-state index contributed by atoms with van der Waals surface area (Å²) in [5.41, 5.74) is 2.84. The van der Waals surface area contributed by atoms with Crippen molar-refractivity contribution in [3.05, 3.63) is 65.2 Å². The predicted octanol–water partition coefficient (Wildman–Crippen LogP) is 3.76. The molecule has 0 aliphatic carbocycles. The molecule has 0 radical (unpaired) electrons. The van der Waals surface area contributed by atoms with Crippen molar-refractivity contribution < 1.29 is 13.2 Å². The molecule has 0 spiro atoms. The summed E-state index contributed by atoms with van der Waals surface area (Å²) in [4.78, 5) is 17.4. The lowest BCUT2D eigenvalue weighted by Gasteiger charge is -2.34. The first-order valence-corrected chi connectivity index (χ1v) is 12.7. The highest BCUT2D eigenvalue weighted by Gasteiger charge is 2.30. The van der Waals surface area contributed by atoms with Crippen LogP contribution in [0.1, 0.15) is 49.2 Å². The van der Waals surface area contributed by atoms with Gasteiger partial charge in [-0.05, 0) is 64.4 Å². The minimum atomic E-state index is -3.53. The Morgan fingerprint density at radius 2 is 1.41 bits per heavy atom. The van der Waals surface area contributed by atoms with E-state index in [4.69, 9.17) is 0 Å². The van der Waals surface area contributed by atoms with Crippen LogP contribution in [0.3, 0.4) is 0 Å². The van der Waals surface area contributed by atoms with Crippen molar-refractivity contribution >= 4 is 15.9 Å². The molecule has 0 aromatic heterocycles. The number of sulfonamides is 1. The van der Waals surface area contributed by atoms with Crippen molar-refractivity contribution in [2.24, 2.45) is 0 Å². The SMILES string of the molecule is Cc1ccc(S(=O)(=O)N2CCN(C(=O)c3ccc(CN(C(C)C)C(C)C)cc3)CC2)cc1. The summed E-state index contributed by atoms with van der Waals surface area (Å²) < 4.78 is 27.2. The van der Waals surface area contributed by atoms with Gasteiger partial charge in [-0.15, -0.1) is 0 Å². The van der Waals surface area contributed by atoms with Gasteiger partial charge in [0.2, 0.25) is 10.0 Å². The minimum absolute atomic E-state index is 0.0477. The zero-order chi connectivity index (χ0) is 23.5. The van der Waals surface area contributed by atoms with Crippen LogP contribution in [-0.2, 0) is 16.6 Å². The van der Waals surface area contributed by atoms with Crippen LogP contribution >= 0.6 is 0 Å². The lowest BCUT2D eigenvalue weighted by molar-refractivity contribution is 0.0698. The van der Waals surface area contributed by atoms with Crippen molar-refractivity contribution in [3.8, 4) is 0 Å². The molecular weight excluding hydrogens is 422 g/mol. The highest BCUT2D eigenvalue weighted by Crippen LogP contribution is 2.20. The van der Waals surface area contributed by atoms with E-state index in [9.17, 15) is 13.2 Å². The molecule has 0 bridgehead atoms. The van der Waals surface area contributed by atoms with Gasteiger partial charge in [0.15, 0.2) is 0 Å². The topological polar surface area (TPSA) is 60.9 Å². The van der Waals surface area contributed by atoms with Gasteiger partial charge in [-0.25, -0.2) is 8.42 Å². The van der Waals surface area contributed by atoms with Crippen LogP contribution in [0.25, 0.3) is 0 Å². The normalized spacial score (nSPS) is 15.7. The van der Waals surface area contributed by atoms with Crippen LogP contribution in [-0.4, -0.2) is 66.7 Å². The second-order valence-electron chi connectivity index (χ2n) is 9.07. The van der Waals surface area contributed by atoms with Crippen LogP contribution in [0.5, 0.6) is 0 Å². The number of rotatable bonds is 7. The summed E-state index contributed by atoms with van der Waals surface area (Å²) in [5, 5.41) is 0. The summed E-state index contributed by atoms with van der Waals surface area (Å²) in [6.07, 6.45) is 0. The molecule has 3 rings (SSSR count). The first-order chi connectivity index (χ1) is 15.1. The van der Waals surface area contributed by atoms with Crippen molar-refractivity contribution in [2.45, 2.75) is 58.1 Å². The number of nitrogens with zero attached hydrogens (tertiary/aromatic N) is 3. The van der Waals surface area contributed by atoms with E-state index in [0.29, 0.717) is 48.7 Å². The Kier molecular flexibility index (Phi) is 7.75. The van der Waals surface area contributed by atoms with Gasteiger partial charge < -0.3 is 4.90 Å². The monoisotopic (exact) mass is 457 g/mol. The van der Waals surface area contributed by atoms with Crippen LogP contribution in [0.2, 0.25) is 0 Å². The third-order valence-electron chi connectivity index (χ3n) is 6.08. The fourth-order valence-corrected chi connectivity index (χ4v) is 5.52. The van der Waals surface area contributed by atoms with Crippen LogP contribution in [0.15, 0.2) is 53.4 Å². The molecule has 174 valence electrons. The molecule has 1 amide bonds. The largest absolute Gasteiger partial charge is 0.336 e. The smallest absolute Gasteiger partial charge is 0.253 e. The van der Waals surface area contributed by atoms with Crippen LogP contribution in [0.4, 0.5) is 0 Å². The number of aryl methyl sites for hydroxylation is 1. The molecule has 32 heavy (non-hydrogen) atoms. The molecule has 2 aromatic carbocycles. The Hall–Kier alpha value is -2.22. The van der Waals surface area contributed by atoms with Crippen LogP contribution in [0, 0.1) is 6.92 Å². The number of amides is 1. The summed E-state index contributed by atoms with van der Waals surface area (Å²) in [5.74, 6) is -0.0477. The first-order valence-electron chi connectivity index (χ1n) is 11.3. The minimum Gasteiger partial charge on any atom is -0.336 e. The van der Waals surface area contributed by atoms with Gasteiger partial charge in [0.25, 0.3) is 5.91 Å². The average molecular weight is 458 g/mol. The number of carbonyl (C=O) groups is 1. The summed E-state index contributed by atoms with van der Waals surface area (Å²) in [6.45, 7) is 12.9. The molecule has 2 aromatic rings. The van der Waals surface area contributed by atoms with Crippen LogP contribution < -0.4 is 0 Å². The Balaban J connectivity index is 1.61. The molecule has 7 heteroatoms. The fraction of sp³-hybridized carbons (Fsp3) is 0.480. The molecule has 1 saturated heterocycles. The predicted molar refractivity (Wildman–Crippen MR) is 128 cm³/mol. The van der Waals surface area contributed by atoms with Gasteiger partial charge in [-0.3, -0.25) is 9.69 Å². The Labute approximate surface area is 192 Å². The van der Waals surface area contributed by atoms with Gasteiger partial charge in [0.05, 0.1) is 4.90 Å². The van der Waals surface area contributed by atoms with Gasteiger partial charge in [-0.2, -0.15) is 4.31 Å². The van der Waals surface area contributed by atoms with Crippen molar-refractivity contribution in [3.63, 3.8) is 0 Å². The van der Waals surface area contributed by atoms with E-state index in [2.05, 4.69) is 32.6 Å². The maximum absolute atomic E-state index is 13.0. The number of hydrogen-bond acceptors (Lipinski definition) is 4. The van der Waals surface area contributed by atoms with Crippen molar-refractivity contribution in [1.29, 1.82) is 0 Å². The zero-order valence-corrected chi connectivity index (χ0v) is 20.6. The molecule has 1 heterocycles. The van der Waals surface area contributed by atoms with Gasteiger partial charge in [0.1, 0.15) is 0 Å². The summed E-state index contributed by atoms with van der Waals surface area (Å²) in [6, 6.07) is 15.6. The third-order valence-corrected chi connectivity index (χ3v) is 7.99. The van der Waals surface area contributed by atoms with E-state index in [-0.39, 0.29) is 5.91 Å². The molecule has 1 aliphatic rings. The van der Waals surface area contributed by atoms with E-state index < -0.39 is 10.0 Å². The maximum atomic E-state index is 13.0. The number of carbonyl (C=O) groups excluding carboxylic acids is 1. The Morgan fingerprint density at radius 1 is 0.875 bits per heavy atom. The van der Waals surface area contributed by atoms with Crippen molar-refractivity contribution in [1.82, 2.24) is 14.1 Å². The van der Waals surface area contributed by atoms with Gasteiger partial charge >= 0.3 is 0 Å². The molecule has 1 fully saturated rings. The number of piperazine rings is 1. The van der Waals surface area contributed by atoms with E-state index in [1.165, 1.54) is 9.87 Å². The summed E-state index contributed by atoms with van der Waals surface area (Å²) >= 11 is 0. The Morgan fingerprint density at radius 3 is 1.91 bits per heavy atom. The highest BCUT2D eigenvalue weighted by molar-refractivity contribution is 7.89. The van der Waals surface area contributed by atoms with Crippen molar-refractivity contribution in [2.75, 3.05) is 26.2 Å². The van der Waals surface area contributed by atoms with E-state index in [1.54, 1.807) is 29.2 Å². The second kappa shape index (κ2) is 10.1. The van der Waals surface area contributed by atoms with E-state index in [1.807, 2.05) is 31.2 Å². The maximum Gasteiger partial charge on any atom is 0.253 e.